The number of nitrogens with zero attached hydrogens (tertiary/aromatic N) is 2. The lowest BCUT2D eigenvalue weighted by Crippen LogP contribution is -2.56. The number of aromatic nitrogens is 1. The number of benzene rings is 1. The molecule has 1 unspecified atom stereocenters. The van der Waals surface area contributed by atoms with Crippen LogP contribution in [0.3, 0.4) is 0 Å². The van der Waals surface area contributed by atoms with E-state index < -0.39 is 5.60 Å². The summed E-state index contributed by atoms with van der Waals surface area (Å²) >= 11 is 1.54. The van der Waals surface area contributed by atoms with Crippen molar-refractivity contribution >= 4 is 17.2 Å². The van der Waals surface area contributed by atoms with E-state index in [-0.39, 0.29) is 12.0 Å². The lowest BCUT2D eigenvalue weighted by atomic mass is 10.0. The van der Waals surface area contributed by atoms with Gasteiger partial charge in [0.15, 0.2) is 0 Å². The number of amides is 1. The Morgan fingerprint density at radius 1 is 1.38 bits per heavy atom. The third kappa shape index (κ3) is 4.62. The highest BCUT2D eigenvalue weighted by atomic mass is 32.1. The Kier molecular flexibility index (Phi) is 5.63. The van der Waals surface area contributed by atoms with E-state index in [1.54, 1.807) is 11.3 Å². The number of ether oxygens (including phenoxy) is 2. The van der Waals surface area contributed by atoms with E-state index in [9.17, 15) is 4.79 Å². The standard InChI is InChI=1S/C20H26N2O3S/c1-14(2)18-21-17(12-26-18)19(23)22-10-16(25-20(3,4)13-22)11-24-15-8-6-5-7-9-15/h5-9,12,14,16H,10-11,13H2,1-4H3. The highest BCUT2D eigenvalue weighted by Crippen LogP contribution is 2.25. The van der Waals surface area contributed by atoms with Crippen LogP contribution in [-0.2, 0) is 4.74 Å². The Morgan fingerprint density at radius 2 is 2.12 bits per heavy atom. The Bertz CT molecular complexity index is 743. The highest BCUT2D eigenvalue weighted by Gasteiger charge is 2.36. The number of carbonyl (C=O) groups excluding carboxylic acids is 1. The summed E-state index contributed by atoms with van der Waals surface area (Å²) in [6.45, 7) is 9.63. The first-order valence-corrected chi connectivity index (χ1v) is 9.82. The monoisotopic (exact) mass is 374 g/mol. The molecule has 0 radical (unpaired) electrons. The Hall–Kier alpha value is -1.92. The molecule has 1 aromatic carbocycles. The minimum Gasteiger partial charge on any atom is -0.491 e. The summed E-state index contributed by atoms with van der Waals surface area (Å²) in [6.07, 6.45) is -0.175. The van der Waals surface area contributed by atoms with Crippen molar-refractivity contribution in [3.63, 3.8) is 0 Å². The predicted octanol–water partition coefficient (Wildman–Crippen LogP) is 3.97. The normalized spacial score (nSPS) is 19.6. The second kappa shape index (κ2) is 7.76. The molecule has 2 aromatic rings. The van der Waals surface area contributed by atoms with Gasteiger partial charge in [0.1, 0.15) is 24.2 Å². The fourth-order valence-corrected chi connectivity index (χ4v) is 3.87. The quantitative estimate of drug-likeness (QED) is 0.795. The Balaban J connectivity index is 1.67. The van der Waals surface area contributed by atoms with Gasteiger partial charge < -0.3 is 14.4 Å². The first kappa shape index (κ1) is 18.9. The zero-order valence-electron chi connectivity index (χ0n) is 15.8. The van der Waals surface area contributed by atoms with Crippen LogP contribution in [-0.4, -0.2) is 47.2 Å². The fourth-order valence-electron chi connectivity index (χ4n) is 3.06. The molecule has 1 saturated heterocycles. The van der Waals surface area contributed by atoms with E-state index in [4.69, 9.17) is 9.47 Å². The molecule has 2 heterocycles. The maximum absolute atomic E-state index is 12.9. The van der Waals surface area contributed by atoms with Crippen molar-refractivity contribution in [1.82, 2.24) is 9.88 Å². The minimum absolute atomic E-state index is 0.0331. The summed E-state index contributed by atoms with van der Waals surface area (Å²) in [6, 6.07) is 9.66. The van der Waals surface area contributed by atoms with Crippen LogP contribution < -0.4 is 4.74 Å². The molecule has 0 saturated carbocycles. The fraction of sp³-hybridized carbons (Fsp3) is 0.500. The third-order valence-electron chi connectivity index (χ3n) is 4.18. The van der Waals surface area contributed by atoms with E-state index in [1.807, 2.05) is 54.5 Å². The van der Waals surface area contributed by atoms with Crippen LogP contribution in [0.15, 0.2) is 35.7 Å². The van der Waals surface area contributed by atoms with Gasteiger partial charge >= 0.3 is 0 Å². The smallest absolute Gasteiger partial charge is 0.273 e. The predicted molar refractivity (Wildman–Crippen MR) is 103 cm³/mol. The molecule has 5 nitrogen and oxygen atoms in total. The molecule has 6 heteroatoms. The molecule has 1 fully saturated rings. The van der Waals surface area contributed by atoms with Gasteiger partial charge in [-0.2, -0.15) is 0 Å². The molecule has 1 aliphatic rings. The summed E-state index contributed by atoms with van der Waals surface area (Å²) in [7, 11) is 0. The second-order valence-electron chi connectivity index (χ2n) is 7.53. The summed E-state index contributed by atoms with van der Waals surface area (Å²) in [5.41, 5.74) is 0.106. The number of para-hydroxylation sites is 1. The summed E-state index contributed by atoms with van der Waals surface area (Å²) in [4.78, 5) is 19.3. The van der Waals surface area contributed by atoms with E-state index >= 15 is 0 Å². The van der Waals surface area contributed by atoms with E-state index in [0.717, 1.165) is 10.8 Å². The van der Waals surface area contributed by atoms with Crippen LogP contribution in [0.25, 0.3) is 0 Å². The average molecular weight is 375 g/mol. The Labute approximate surface area is 159 Å². The number of rotatable bonds is 5. The van der Waals surface area contributed by atoms with Crippen LogP contribution in [0.1, 0.15) is 49.1 Å². The third-order valence-corrected chi connectivity index (χ3v) is 5.33. The molecule has 1 aromatic heterocycles. The lowest BCUT2D eigenvalue weighted by Gasteiger charge is -2.42. The molecular weight excluding hydrogens is 348 g/mol. The van der Waals surface area contributed by atoms with Gasteiger partial charge in [-0.1, -0.05) is 32.0 Å². The zero-order valence-corrected chi connectivity index (χ0v) is 16.6. The summed E-state index contributed by atoms with van der Waals surface area (Å²) in [5.74, 6) is 1.10. The lowest BCUT2D eigenvalue weighted by molar-refractivity contribution is -0.136. The molecule has 0 aliphatic carbocycles. The molecule has 1 atom stereocenters. The molecule has 3 rings (SSSR count). The molecule has 1 amide bonds. The molecule has 1 aliphatic heterocycles. The number of morpholine rings is 1. The van der Waals surface area contributed by atoms with Crippen molar-refractivity contribution in [3.8, 4) is 5.75 Å². The van der Waals surface area contributed by atoms with Gasteiger partial charge in [0, 0.05) is 17.8 Å². The van der Waals surface area contributed by atoms with E-state index in [1.165, 1.54) is 0 Å². The maximum atomic E-state index is 12.9. The van der Waals surface area contributed by atoms with Crippen molar-refractivity contribution < 1.29 is 14.3 Å². The van der Waals surface area contributed by atoms with Gasteiger partial charge in [0.2, 0.25) is 0 Å². The van der Waals surface area contributed by atoms with Crippen molar-refractivity contribution in [2.24, 2.45) is 0 Å². The number of carbonyl (C=O) groups is 1. The van der Waals surface area contributed by atoms with Gasteiger partial charge in [0.05, 0.1) is 17.2 Å². The summed E-state index contributed by atoms with van der Waals surface area (Å²) < 4.78 is 12.0. The number of hydrogen-bond donors (Lipinski definition) is 0. The Morgan fingerprint density at radius 3 is 2.77 bits per heavy atom. The van der Waals surface area contributed by atoms with Gasteiger partial charge in [-0.15, -0.1) is 11.3 Å². The molecule has 0 spiro atoms. The number of hydrogen-bond acceptors (Lipinski definition) is 5. The minimum atomic E-state index is -0.421. The molecular formula is C20H26N2O3S. The first-order chi connectivity index (χ1) is 12.3. The van der Waals surface area contributed by atoms with Crippen LogP contribution >= 0.6 is 11.3 Å². The maximum Gasteiger partial charge on any atom is 0.273 e. The van der Waals surface area contributed by atoms with Crippen molar-refractivity contribution in [2.45, 2.75) is 45.3 Å². The number of thiazole rings is 1. The largest absolute Gasteiger partial charge is 0.491 e. The van der Waals surface area contributed by atoms with Crippen LogP contribution in [0.4, 0.5) is 0 Å². The first-order valence-electron chi connectivity index (χ1n) is 8.94. The van der Waals surface area contributed by atoms with Crippen LogP contribution in [0, 0.1) is 0 Å². The van der Waals surface area contributed by atoms with Gasteiger partial charge in [0.25, 0.3) is 5.91 Å². The summed E-state index contributed by atoms with van der Waals surface area (Å²) in [5, 5.41) is 2.85. The highest BCUT2D eigenvalue weighted by molar-refractivity contribution is 7.09. The molecule has 140 valence electrons. The van der Waals surface area contributed by atoms with E-state index in [2.05, 4.69) is 18.8 Å². The van der Waals surface area contributed by atoms with Crippen molar-refractivity contribution in [1.29, 1.82) is 0 Å². The topological polar surface area (TPSA) is 51.7 Å². The van der Waals surface area contributed by atoms with Gasteiger partial charge in [-0.25, -0.2) is 4.98 Å². The van der Waals surface area contributed by atoms with Gasteiger partial charge in [-0.3, -0.25) is 4.79 Å². The molecule has 26 heavy (non-hydrogen) atoms. The average Bonchev–Trinajstić information content (AvgIpc) is 3.09. The molecule has 0 N–H and O–H groups in total. The van der Waals surface area contributed by atoms with Crippen LogP contribution in [0.5, 0.6) is 5.75 Å². The van der Waals surface area contributed by atoms with Crippen molar-refractivity contribution in [3.05, 3.63) is 46.4 Å². The van der Waals surface area contributed by atoms with Crippen LogP contribution in [0.2, 0.25) is 0 Å². The second-order valence-corrected chi connectivity index (χ2v) is 8.42. The zero-order chi connectivity index (χ0) is 18.7. The SMILES string of the molecule is CC(C)c1nc(C(=O)N2CC(COc3ccccc3)OC(C)(C)C2)cs1. The van der Waals surface area contributed by atoms with Crippen molar-refractivity contribution in [2.75, 3.05) is 19.7 Å². The van der Waals surface area contributed by atoms with E-state index in [0.29, 0.717) is 31.3 Å². The van der Waals surface area contributed by atoms with Gasteiger partial charge in [-0.05, 0) is 26.0 Å². The molecule has 0 bridgehead atoms.